The van der Waals surface area contributed by atoms with Gasteiger partial charge < -0.3 is 14.6 Å². The average molecular weight is 497 g/mol. The molecule has 1 aromatic heterocycles. The summed E-state index contributed by atoms with van der Waals surface area (Å²) >= 11 is 11.9. The van der Waals surface area contributed by atoms with E-state index in [-0.39, 0.29) is 33.8 Å². The highest BCUT2D eigenvalue weighted by atomic mass is 35.5. The Kier molecular flexibility index (Phi) is 6.16. The van der Waals surface area contributed by atoms with Crippen molar-refractivity contribution in [1.29, 1.82) is 0 Å². The van der Waals surface area contributed by atoms with Crippen LogP contribution in [0, 0.1) is 6.92 Å². The van der Waals surface area contributed by atoms with Crippen LogP contribution in [-0.4, -0.2) is 17.8 Å². The molecule has 1 aliphatic heterocycles. The summed E-state index contributed by atoms with van der Waals surface area (Å²) in [5.74, 6) is 0.262. The number of nitrogens with zero attached hydrogens (tertiary/aromatic N) is 1. The van der Waals surface area contributed by atoms with Crippen molar-refractivity contribution < 1.29 is 27.2 Å². The summed E-state index contributed by atoms with van der Waals surface area (Å²) in [6.45, 7) is 1.90. The lowest BCUT2D eigenvalue weighted by Crippen LogP contribution is -2.42. The number of alkyl halides is 3. The van der Waals surface area contributed by atoms with Gasteiger partial charge in [0, 0.05) is 27.6 Å². The van der Waals surface area contributed by atoms with E-state index >= 15 is 0 Å². The van der Waals surface area contributed by atoms with Crippen LogP contribution >= 0.6 is 23.2 Å². The molecule has 1 aliphatic rings. The van der Waals surface area contributed by atoms with Crippen molar-refractivity contribution in [2.75, 3.05) is 0 Å². The van der Waals surface area contributed by atoms with Gasteiger partial charge in [0.2, 0.25) is 0 Å². The number of furan rings is 1. The summed E-state index contributed by atoms with van der Waals surface area (Å²) in [7, 11) is 0. The fourth-order valence-electron chi connectivity index (χ4n) is 3.62. The molecule has 0 aliphatic carbocycles. The van der Waals surface area contributed by atoms with Gasteiger partial charge in [0.25, 0.3) is 11.5 Å². The molecule has 0 saturated heterocycles. The number of carbonyl (C=O) groups excluding carboxylic acids is 1. The molecule has 1 unspecified atom stereocenters. The second-order valence-corrected chi connectivity index (χ2v) is 8.45. The molecular formula is C23H17Cl2F3N2O3. The van der Waals surface area contributed by atoms with E-state index in [1.807, 2.05) is 0 Å². The van der Waals surface area contributed by atoms with Crippen molar-refractivity contribution in [3.05, 3.63) is 92.9 Å². The first-order valence-corrected chi connectivity index (χ1v) is 10.5. The minimum Gasteiger partial charge on any atom is -0.467 e. The SMILES string of the molecule is Cc1cc(C2=NOC(c3cc(Cl)cc(Cl)c3)(C(F)(F)F)C2)ccc1C(=O)NCc1ccco1. The second-order valence-electron chi connectivity index (χ2n) is 7.58. The number of oxime groups is 1. The Morgan fingerprint density at radius 1 is 1.15 bits per heavy atom. The summed E-state index contributed by atoms with van der Waals surface area (Å²) in [4.78, 5) is 17.5. The zero-order valence-corrected chi connectivity index (χ0v) is 18.7. The van der Waals surface area contributed by atoms with Gasteiger partial charge in [-0.15, -0.1) is 0 Å². The van der Waals surface area contributed by atoms with Crippen molar-refractivity contribution in [3.63, 3.8) is 0 Å². The van der Waals surface area contributed by atoms with E-state index in [2.05, 4.69) is 10.5 Å². The summed E-state index contributed by atoms with van der Waals surface area (Å²) in [6.07, 6.45) is -3.85. The molecule has 4 rings (SSSR count). The standard InChI is InChI=1S/C23H17Cl2F3N2O3/c1-13-7-14(4-5-19(13)21(31)29-12-18-3-2-6-32-18)20-11-22(33-30-20,23(26,27)28)15-8-16(24)10-17(25)9-15/h2-10H,11-12H2,1H3,(H,29,31). The van der Waals surface area contributed by atoms with Crippen molar-refractivity contribution >= 4 is 34.8 Å². The highest BCUT2D eigenvalue weighted by molar-refractivity contribution is 6.34. The molecule has 5 nitrogen and oxygen atoms in total. The maximum Gasteiger partial charge on any atom is 0.435 e. The molecule has 33 heavy (non-hydrogen) atoms. The topological polar surface area (TPSA) is 63.8 Å². The number of nitrogens with one attached hydrogen (secondary N) is 1. The van der Waals surface area contributed by atoms with Gasteiger partial charge in [0.15, 0.2) is 0 Å². The van der Waals surface area contributed by atoms with Crippen LogP contribution in [-0.2, 0) is 17.0 Å². The quantitative estimate of drug-likeness (QED) is 0.443. The number of rotatable bonds is 5. The molecule has 1 amide bonds. The molecule has 3 aromatic rings. The third-order valence-corrected chi connectivity index (χ3v) is 5.76. The van der Waals surface area contributed by atoms with Crippen molar-refractivity contribution in [2.45, 2.75) is 31.7 Å². The second kappa shape index (κ2) is 8.76. The van der Waals surface area contributed by atoms with E-state index in [1.165, 1.54) is 24.5 Å². The smallest absolute Gasteiger partial charge is 0.435 e. The lowest BCUT2D eigenvalue weighted by molar-refractivity contribution is -0.275. The van der Waals surface area contributed by atoms with Crippen LogP contribution in [0.1, 0.15) is 39.2 Å². The van der Waals surface area contributed by atoms with Crippen LogP contribution in [0.15, 0.2) is 64.4 Å². The fraction of sp³-hybridized carbons (Fsp3) is 0.217. The molecule has 0 saturated carbocycles. The van der Waals surface area contributed by atoms with Gasteiger partial charge in [-0.3, -0.25) is 4.79 Å². The number of aryl methyl sites for hydroxylation is 1. The largest absolute Gasteiger partial charge is 0.467 e. The van der Waals surface area contributed by atoms with Crippen LogP contribution in [0.5, 0.6) is 0 Å². The zero-order valence-electron chi connectivity index (χ0n) is 17.2. The molecule has 1 N–H and O–H groups in total. The number of hydrogen-bond donors (Lipinski definition) is 1. The first-order chi connectivity index (χ1) is 15.6. The molecule has 1 atom stereocenters. The van der Waals surface area contributed by atoms with Gasteiger partial charge in [0.1, 0.15) is 5.76 Å². The van der Waals surface area contributed by atoms with Crippen LogP contribution < -0.4 is 5.32 Å². The lowest BCUT2D eigenvalue weighted by atomic mass is 9.86. The Morgan fingerprint density at radius 3 is 2.48 bits per heavy atom. The van der Waals surface area contributed by atoms with E-state index in [0.29, 0.717) is 22.5 Å². The molecule has 0 spiro atoms. The predicted molar refractivity (Wildman–Crippen MR) is 117 cm³/mol. The Labute approximate surface area is 197 Å². The lowest BCUT2D eigenvalue weighted by Gasteiger charge is -2.29. The summed E-state index contributed by atoms with van der Waals surface area (Å²) in [6, 6.07) is 11.8. The zero-order chi connectivity index (χ0) is 23.8. The molecule has 0 fully saturated rings. The number of halogens is 5. The minimum absolute atomic E-state index is 0.0546. The first kappa shape index (κ1) is 23.2. The van der Waals surface area contributed by atoms with E-state index < -0.39 is 18.2 Å². The molecular weight excluding hydrogens is 480 g/mol. The van der Waals surface area contributed by atoms with E-state index in [1.54, 1.807) is 25.1 Å². The Morgan fingerprint density at radius 2 is 1.88 bits per heavy atom. The highest BCUT2D eigenvalue weighted by Crippen LogP contribution is 2.49. The number of hydrogen-bond acceptors (Lipinski definition) is 4. The van der Waals surface area contributed by atoms with E-state index in [4.69, 9.17) is 32.5 Å². The van der Waals surface area contributed by atoms with Gasteiger partial charge in [0.05, 0.1) is 18.5 Å². The van der Waals surface area contributed by atoms with E-state index in [0.717, 1.165) is 12.1 Å². The average Bonchev–Trinajstić information content (AvgIpc) is 3.41. The maximum absolute atomic E-state index is 14.2. The van der Waals surface area contributed by atoms with Crippen molar-refractivity contribution in [2.24, 2.45) is 5.16 Å². The van der Waals surface area contributed by atoms with Gasteiger partial charge >= 0.3 is 6.18 Å². The summed E-state index contributed by atoms with van der Waals surface area (Å²) < 4.78 is 47.7. The van der Waals surface area contributed by atoms with Gasteiger partial charge in [-0.05, 0) is 60.5 Å². The molecule has 0 bridgehead atoms. The molecule has 172 valence electrons. The predicted octanol–water partition coefficient (Wildman–Crippen LogP) is 6.41. The van der Waals surface area contributed by atoms with Crippen molar-refractivity contribution in [1.82, 2.24) is 5.32 Å². The Balaban J connectivity index is 1.57. The number of amides is 1. The highest BCUT2D eigenvalue weighted by Gasteiger charge is 2.62. The van der Waals surface area contributed by atoms with Gasteiger partial charge in [-0.1, -0.05) is 34.4 Å². The third kappa shape index (κ3) is 4.58. The van der Waals surface area contributed by atoms with E-state index in [9.17, 15) is 18.0 Å². The normalized spacial score (nSPS) is 18.1. The number of carbonyl (C=O) groups is 1. The minimum atomic E-state index is -4.78. The Bertz CT molecular complexity index is 1210. The van der Waals surface area contributed by atoms with Crippen LogP contribution in [0.4, 0.5) is 13.2 Å². The summed E-state index contributed by atoms with van der Waals surface area (Å²) in [5.41, 5.74) is -1.50. The number of benzene rings is 2. The molecule has 10 heteroatoms. The van der Waals surface area contributed by atoms with Crippen LogP contribution in [0.25, 0.3) is 0 Å². The Hall–Kier alpha value is -2.97. The molecule has 0 radical (unpaired) electrons. The first-order valence-electron chi connectivity index (χ1n) is 9.79. The van der Waals surface area contributed by atoms with Gasteiger partial charge in [-0.2, -0.15) is 13.2 Å². The van der Waals surface area contributed by atoms with Crippen molar-refractivity contribution in [3.8, 4) is 0 Å². The maximum atomic E-state index is 14.2. The van der Waals surface area contributed by atoms with Crippen LogP contribution in [0.3, 0.4) is 0 Å². The van der Waals surface area contributed by atoms with Crippen LogP contribution in [0.2, 0.25) is 10.0 Å². The molecule has 2 aromatic carbocycles. The molecule has 2 heterocycles. The fourth-order valence-corrected chi connectivity index (χ4v) is 4.15. The summed E-state index contributed by atoms with van der Waals surface area (Å²) in [5, 5.41) is 6.59. The monoisotopic (exact) mass is 496 g/mol. The van der Waals surface area contributed by atoms with Gasteiger partial charge in [-0.25, -0.2) is 0 Å². The third-order valence-electron chi connectivity index (χ3n) is 5.32.